The van der Waals surface area contributed by atoms with Crippen LogP contribution >= 0.6 is 11.3 Å². The number of thiophene rings is 1. The van der Waals surface area contributed by atoms with Gasteiger partial charge in [-0.15, -0.1) is 11.3 Å². The Morgan fingerprint density at radius 3 is 2.34 bits per heavy atom. The lowest BCUT2D eigenvalue weighted by atomic mass is 9.70. The first-order chi connectivity index (χ1) is 15.5. The number of rotatable bonds is 6. The Morgan fingerprint density at radius 2 is 1.75 bits per heavy atom. The molecular formula is C29H32N2S. The van der Waals surface area contributed by atoms with Gasteiger partial charge in [-0.2, -0.15) is 5.26 Å². The highest BCUT2D eigenvalue weighted by atomic mass is 32.1. The zero-order chi connectivity index (χ0) is 23.3. The first-order valence-corrected chi connectivity index (χ1v) is 12.1. The van der Waals surface area contributed by atoms with E-state index in [0.717, 1.165) is 24.1 Å². The predicted octanol–water partition coefficient (Wildman–Crippen LogP) is 7.79. The molecule has 164 valence electrons. The minimum absolute atomic E-state index is 0.0801. The molecule has 1 aliphatic rings. The van der Waals surface area contributed by atoms with E-state index in [1.807, 2.05) is 45.3 Å². The van der Waals surface area contributed by atoms with Crippen LogP contribution in [0.15, 0.2) is 85.0 Å². The third kappa shape index (κ3) is 4.29. The van der Waals surface area contributed by atoms with Crippen LogP contribution in [-0.4, -0.2) is 11.9 Å². The molecule has 0 N–H and O–H groups in total. The Kier molecular flexibility index (Phi) is 7.38. The molecule has 0 saturated carbocycles. The molecule has 1 heterocycles. The summed E-state index contributed by atoms with van der Waals surface area (Å²) in [6.45, 7) is 14.8. The van der Waals surface area contributed by atoms with Crippen LogP contribution in [0.1, 0.15) is 48.3 Å². The number of allylic oxidation sites excluding steroid dienone is 1. The molecule has 0 radical (unpaired) electrons. The van der Waals surface area contributed by atoms with Crippen molar-refractivity contribution in [2.75, 3.05) is 7.05 Å². The van der Waals surface area contributed by atoms with E-state index in [2.05, 4.69) is 72.8 Å². The van der Waals surface area contributed by atoms with Crippen molar-refractivity contribution in [2.24, 2.45) is 5.41 Å². The van der Waals surface area contributed by atoms with Gasteiger partial charge in [0.05, 0.1) is 11.6 Å². The summed E-state index contributed by atoms with van der Waals surface area (Å²) in [7, 11) is 2.04. The molecule has 0 bridgehead atoms. The lowest BCUT2D eigenvalue weighted by Gasteiger charge is -2.40. The highest BCUT2D eigenvalue weighted by Gasteiger charge is 2.46. The number of nitriles is 1. The average Bonchev–Trinajstić information content (AvgIpc) is 3.50. The van der Waals surface area contributed by atoms with E-state index in [0.29, 0.717) is 11.5 Å². The fourth-order valence-corrected chi connectivity index (χ4v) is 5.73. The summed E-state index contributed by atoms with van der Waals surface area (Å²) < 4.78 is 0. The first kappa shape index (κ1) is 23.6. The number of hydrogen-bond donors (Lipinski definition) is 0. The molecule has 0 spiro atoms. The molecule has 2 nitrogen and oxygen atoms in total. The molecule has 32 heavy (non-hydrogen) atoms. The van der Waals surface area contributed by atoms with Crippen LogP contribution in [0.2, 0.25) is 0 Å². The summed E-state index contributed by atoms with van der Waals surface area (Å²) in [5.74, 6) is 0.303. The third-order valence-corrected chi connectivity index (χ3v) is 7.72. The number of nitrogens with zero attached hydrogens (tertiary/aromatic N) is 2. The fourth-order valence-electron chi connectivity index (χ4n) is 4.64. The van der Waals surface area contributed by atoms with Crippen molar-refractivity contribution in [1.29, 1.82) is 5.26 Å². The van der Waals surface area contributed by atoms with E-state index in [4.69, 9.17) is 0 Å². The predicted molar refractivity (Wildman–Crippen MR) is 138 cm³/mol. The second-order valence-electron chi connectivity index (χ2n) is 8.17. The summed E-state index contributed by atoms with van der Waals surface area (Å²) in [5.41, 5.74) is 6.83. The third-order valence-electron chi connectivity index (χ3n) is 6.60. The Labute approximate surface area is 197 Å². The van der Waals surface area contributed by atoms with Crippen molar-refractivity contribution in [1.82, 2.24) is 4.90 Å². The zero-order valence-electron chi connectivity index (χ0n) is 19.6. The van der Waals surface area contributed by atoms with Crippen LogP contribution in [0.3, 0.4) is 0 Å². The maximum atomic E-state index is 9.23. The molecular weight excluding hydrogens is 408 g/mol. The van der Waals surface area contributed by atoms with E-state index >= 15 is 0 Å². The Morgan fingerprint density at radius 1 is 1.09 bits per heavy atom. The van der Waals surface area contributed by atoms with Crippen molar-refractivity contribution in [2.45, 2.75) is 39.5 Å². The van der Waals surface area contributed by atoms with Gasteiger partial charge in [0.1, 0.15) is 0 Å². The molecule has 1 unspecified atom stereocenters. The molecule has 0 fully saturated rings. The van der Waals surface area contributed by atoms with E-state index in [9.17, 15) is 5.26 Å². The molecule has 2 aromatic carbocycles. The van der Waals surface area contributed by atoms with Crippen LogP contribution in [0.4, 0.5) is 0 Å². The maximum Gasteiger partial charge on any atom is 0.0991 e. The minimum Gasteiger partial charge on any atom is -0.355 e. The SMILES string of the molecule is C=CN(C)C(=C)C1(C(C)c2cc(-c3cccc(C#N)c3)cs2)Cc2ccccc2C1.CC. The van der Waals surface area contributed by atoms with Gasteiger partial charge in [-0.05, 0) is 64.9 Å². The van der Waals surface area contributed by atoms with Gasteiger partial charge in [-0.25, -0.2) is 0 Å². The van der Waals surface area contributed by atoms with E-state index in [1.165, 1.54) is 21.6 Å². The second-order valence-corrected chi connectivity index (χ2v) is 9.11. The van der Waals surface area contributed by atoms with Gasteiger partial charge in [0.2, 0.25) is 0 Å². The monoisotopic (exact) mass is 440 g/mol. The van der Waals surface area contributed by atoms with Crippen LogP contribution in [0.25, 0.3) is 11.1 Å². The molecule has 4 rings (SSSR count). The number of fused-ring (bicyclic) bond motifs is 1. The molecule has 0 amide bonds. The molecule has 0 aliphatic heterocycles. The van der Waals surface area contributed by atoms with E-state index in [-0.39, 0.29) is 5.41 Å². The van der Waals surface area contributed by atoms with Gasteiger partial charge in [-0.3, -0.25) is 0 Å². The smallest absolute Gasteiger partial charge is 0.0991 e. The summed E-state index contributed by atoms with van der Waals surface area (Å²) in [6.07, 6.45) is 3.82. The average molecular weight is 441 g/mol. The highest BCUT2D eigenvalue weighted by Crippen LogP contribution is 2.53. The lowest BCUT2D eigenvalue weighted by molar-refractivity contribution is 0.256. The quantitative estimate of drug-likeness (QED) is 0.391. The Balaban J connectivity index is 0.00000141. The Bertz CT molecular complexity index is 1120. The van der Waals surface area contributed by atoms with Gasteiger partial charge >= 0.3 is 0 Å². The van der Waals surface area contributed by atoms with Crippen molar-refractivity contribution in [3.05, 3.63) is 107 Å². The molecule has 0 saturated heterocycles. The topological polar surface area (TPSA) is 27.0 Å². The maximum absolute atomic E-state index is 9.23. The normalized spacial score (nSPS) is 14.3. The highest BCUT2D eigenvalue weighted by molar-refractivity contribution is 7.10. The van der Waals surface area contributed by atoms with Gasteiger partial charge in [0, 0.05) is 29.0 Å². The van der Waals surface area contributed by atoms with Crippen LogP contribution < -0.4 is 0 Å². The zero-order valence-corrected chi connectivity index (χ0v) is 20.4. The number of benzene rings is 2. The summed E-state index contributed by atoms with van der Waals surface area (Å²) in [6, 6.07) is 21.1. The van der Waals surface area contributed by atoms with Crippen molar-refractivity contribution in [3.63, 3.8) is 0 Å². The van der Waals surface area contributed by atoms with Crippen LogP contribution in [0, 0.1) is 16.7 Å². The van der Waals surface area contributed by atoms with Crippen LogP contribution in [-0.2, 0) is 12.8 Å². The van der Waals surface area contributed by atoms with Gasteiger partial charge < -0.3 is 4.90 Å². The van der Waals surface area contributed by atoms with Gasteiger partial charge in [-0.1, -0.05) is 70.3 Å². The minimum atomic E-state index is -0.0801. The van der Waals surface area contributed by atoms with Crippen molar-refractivity contribution in [3.8, 4) is 17.2 Å². The summed E-state index contributed by atoms with van der Waals surface area (Å²) in [4.78, 5) is 3.42. The van der Waals surface area contributed by atoms with Crippen LogP contribution in [0.5, 0.6) is 0 Å². The van der Waals surface area contributed by atoms with Gasteiger partial charge in [0.15, 0.2) is 0 Å². The largest absolute Gasteiger partial charge is 0.355 e. The first-order valence-electron chi connectivity index (χ1n) is 11.2. The molecule has 1 aromatic heterocycles. The Hall–Kier alpha value is -3.09. The molecule has 1 atom stereocenters. The van der Waals surface area contributed by atoms with Gasteiger partial charge in [0.25, 0.3) is 0 Å². The lowest BCUT2D eigenvalue weighted by Crippen LogP contribution is -2.35. The van der Waals surface area contributed by atoms with E-state index in [1.54, 1.807) is 11.3 Å². The molecule has 1 aliphatic carbocycles. The second kappa shape index (κ2) is 10.0. The van der Waals surface area contributed by atoms with Crippen molar-refractivity contribution < 1.29 is 0 Å². The van der Waals surface area contributed by atoms with E-state index < -0.39 is 0 Å². The molecule has 3 heteroatoms. The molecule has 3 aromatic rings. The fraction of sp³-hybridized carbons (Fsp3) is 0.276. The summed E-state index contributed by atoms with van der Waals surface area (Å²) in [5, 5.41) is 11.4. The van der Waals surface area contributed by atoms with Crippen molar-refractivity contribution >= 4 is 11.3 Å². The number of hydrogen-bond acceptors (Lipinski definition) is 3. The summed E-state index contributed by atoms with van der Waals surface area (Å²) >= 11 is 1.80. The standard InChI is InChI=1S/C27H26N2S.C2H6/c1-5-29(4)20(3)27(15-23-10-6-7-11-24(23)16-27)19(2)26-14-25(18-30-26)22-12-8-9-21(13-22)17-28;1-2/h5-14,18-19H,1,3,15-16H2,2,4H3;1-2H3.